The third-order valence-corrected chi connectivity index (χ3v) is 2.98. The fraction of sp³-hybridized carbons (Fsp3) is 0.700. The maximum Gasteiger partial charge on any atom is 0.208 e. The molecule has 0 aliphatic heterocycles. The van der Waals surface area contributed by atoms with Crippen LogP contribution in [0, 0.1) is 0 Å². The van der Waals surface area contributed by atoms with Gasteiger partial charge >= 0.3 is 0 Å². The molecule has 0 saturated heterocycles. The molecule has 1 N–H and O–H groups in total. The van der Waals surface area contributed by atoms with E-state index in [-0.39, 0.29) is 0 Å². The summed E-state index contributed by atoms with van der Waals surface area (Å²) < 4.78 is 25.9. The Bertz CT molecular complexity index is 423. The molecular weight excluding hydrogens is 226 g/mol. The van der Waals surface area contributed by atoms with Gasteiger partial charge in [-0.1, -0.05) is 13.8 Å². The molecule has 0 spiro atoms. The molecule has 0 radical (unpaired) electrons. The molecule has 6 heteroatoms. The fourth-order valence-corrected chi connectivity index (χ4v) is 1.81. The zero-order valence-corrected chi connectivity index (χ0v) is 10.8. The lowest BCUT2D eigenvalue weighted by molar-refractivity contribution is 0.555. The van der Waals surface area contributed by atoms with Gasteiger partial charge in [0.25, 0.3) is 0 Å². The van der Waals surface area contributed by atoms with Crippen LogP contribution in [0.4, 0.5) is 0 Å². The van der Waals surface area contributed by atoms with Gasteiger partial charge in [-0.2, -0.15) is 5.10 Å². The largest absolute Gasteiger partial charge is 0.272 e. The van der Waals surface area contributed by atoms with E-state index in [4.69, 9.17) is 0 Å². The van der Waals surface area contributed by atoms with Crippen molar-refractivity contribution in [3.05, 3.63) is 18.0 Å². The van der Waals surface area contributed by atoms with E-state index in [0.29, 0.717) is 12.5 Å². The van der Waals surface area contributed by atoms with Gasteiger partial charge in [0.15, 0.2) is 0 Å². The number of rotatable bonds is 6. The molecule has 0 atom stereocenters. The van der Waals surface area contributed by atoms with Gasteiger partial charge in [-0.3, -0.25) is 4.68 Å². The van der Waals surface area contributed by atoms with Gasteiger partial charge in [0.05, 0.1) is 12.5 Å². The van der Waals surface area contributed by atoms with E-state index >= 15 is 0 Å². The number of hydrogen-bond donors (Lipinski definition) is 1. The topological polar surface area (TPSA) is 64.0 Å². The zero-order chi connectivity index (χ0) is 12.2. The van der Waals surface area contributed by atoms with Crippen molar-refractivity contribution >= 4 is 10.0 Å². The first-order valence-electron chi connectivity index (χ1n) is 5.35. The summed E-state index contributed by atoms with van der Waals surface area (Å²) in [6, 6.07) is 0. The van der Waals surface area contributed by atoms with Crippen LogP contribution in [0.15, 0.2) is 12.4 Å². The molecule has 0 amide bonds. The lowest BCUT2D eigenvalue weighted by atomic mass is 10.1. The molecule has 1 rings (SSSR count). The molecule has 16 heavy (non-hydrogen) atoms. The number of nitrogens with zero attached hydrogens (tertiary/aromatic N) is 2. The van der Waals surface area contributed by atoms with Crippen molar-refractivity contribution < 1.29 is 8.42 Å². The van der Waals surface area contributed by atoms with Crippen molar-refractivity contribution in [1.82, 2.24) is 14.5 Å². The van der Waals surface area contributed by atoms with Crippen LogP contribution >= 0.6 is 0 Å². The molecular formula is C10H19N3O2S. The van der Waals surface area contributed by atoms with Crippen LogP contribution in [-0.4, -0.2) is 31.0 Å². The van der Waals surface area contributed by atoms with E-state index in [0.717, 1.165) is 19.2 Å². The number of nitrogens with one attached hydrogen (secondary N) is 1. The second-order valence-electron chi connectivity index (χ2n) is 4.21. The van der Waals surface area contributed by atoms with E-state index < -0.39 is 10.0 Å². The molecule has 0 aliphatic carbocycles. The molecule has 92 valence electrons. The van der Waals surface area contributed by atoms with Crippen molar-refractivity contribution in [3.8, 4) is 0 Å². The molecule has 0 aromatic carbocycles. The smallest absolute Gasteiger partial charge is 0.208 e. The SMILES string of the molecule is CC(C)c1cnn(CCCNS(C)(=O)=O)c1. The van der Waals surface area contributed by atoms with Gasteiger partial charge in [0, 0.05) is 19.3 Å². The summed E-state index contributed by atoms with van der Waals surface area (Å²) in [6.07, 6.45) is 5.77. The van der Waals surface area contributed by atoms with E-state index in [1.807, 2.05) is 17.1 Å². The Kier molecular flexibility index (Phi) is 4.49. The minimum absolute atomic E-state index is 0.454. The minimum atomic E-state index is -3.07. The first kappa shape index (κ1) is 13.2. The highest BCUT2D eigenvalue weighted by Gasteiger charge is 2.03. The summed E-state index contributed by atoms with van der Waals surface area (Å²) >= 11 is 0. The minimum Gasteiger partial charge on any atom is -0.272 e. The summed E-state index contributed by atoms with van der Waals surface area (Å²) in [5.74, 6) is 0.475. The van der Waals surface area contributed by atoms with Crippen molar-refractivity contribution in [3.63, 3.8) is 0 Å². The van der Waals surface area contributed by atoms with E-state index in [9.17, 15) is 8.42 Å². The number of aryl methyl sites for hydroxylation is 1. The Morgan fingerprint density at radius 2 is 2.19 bits per heavy atom. The molecule has 1 heterocycles. The highest BCUT2D eigenvalue weighted by molar-refractivity contribution is 7.88. The van der Waals surface area contributed by atoms with Gasteiger partial charge in [0.1, 0.15) is 0 Å². The normalized spacial score (nSPS) is 12.2. The molecule has 0 fully saturated rings. The van der Waals surface area contributed by atoms with Crippen molar-refractivity contribution in [2.75, 3.05) is 12.8 Å². The summed E-state index contributed by atoms with van der Waals surface area (Å²) in [5, 5.41) is 4.21. The lowest BCUT2D eigenvalue weighted by Gasteiger charge is -2.03. The second-order valence-corrected chi connectivity index (χ2v) is 6.04. The Morgan fingerprint density at radius 1 is 1.50 bits per heavy atom. The van der Waals surface area contributed by atoms with Gasteiger partial charge in [-0.15, -0.1) is 0 Å². The monoisotopic (exact) mass is 245 g/mol. The molecule has 0 bridgehead atoms. The zero-order valence-electron chi connectivity index (χ0n) is 9.97. The summed E-state index contributed by atoms with van der Waals surface area (Å²) in [5.41, 5.74) is 1.20. The Hall–Kier alpha value is -0.880. The van der Waals surface area contributed by atoms with E-state index in [2.05, 4.69) is 23.7 Å². The van der Waals surface area contributed by atoms with Crippen LogP contribution < -0.4 is 4.72 Å². The Balaban J connectivity index is 2.32. The summed E-state index contributed by atoms with van der Waals surface area (Å²) in [7, 11) is -3.07. The van der Waals surface area contributed by atoms with Gasteiger partial charge in [0.2, 0.25) is 10.0 Å². The van der Waals surface area contributed by atoms with Crippen LogP contribution in [0.2, 0.25) is 0 Å². The van der Waals surface area contributed by atoms with Crippen LogP contribution in [0.1, 0.15) is 31.7 Å². The first-order chi connectivity index (χ1) is 7.38. The van der Waals surface area contributed by atoms with E-state index in [1.165, 1.54) is 5.56 Å². The Labute approximate surface area is 96.9 Å². The molecule has 1 aromatic heterocycles. The number of hydrogen-bond acceptors (Lipinski definition) is 3. The average molecular weight is 245 g/mol. The quantitative estimate of drug-likeness (QED) is 0.759. The van der Waals surface area contributed by atoms with Gasteiger partial charge in [-0.05, 0) is 17.9 Å². The average Bonchev–Trinajstić information content (AvgIpc) is 2.59. The molecule has 0 aliphatic rings. The van der Waals surface area contributed by atoms with Gasteiger partial charge in [-0.25, -0.2) is 13.1 Å². The highest BCUT2D eigenvalue weighted by atomic mass is 32.2. The third kappa shape index (κ3) is 4.76. The van der Waals surface area contributed by atoms with Gasteiger partial charge < -0.3 is 0 Å². The molecule has 5 nitrogen and oxygen atoms in total. The predicted molar refractivity (Wildman–Crippen MR) is 63.8 cm³/mol. The van der Waals surface area contributed by atoms with Crippen LogP contribution in [0.5, 0.6) is 0 Å². The molecule has 0 unspecified atom stereocenters. The number of sulfonamides is 1. The predicted octanol–water partition coefficient (Wildman–Crippen LogP) is 0.946. The fourth-order valence-electron chi connectivity index (χ4n) is 1.30. The standard InChI is InChI=1S/C10H19N3O2S/c1-9(2)10-7-11-13(8-10)6-4-5-12-16(3,14)15/h7-9,12H,4-6H2,1-3H3. The first-order valence-corrected chi connectivity index (χ1v) is 7.24. The Morgan fingerprint density at radius 3 is 2.69 bits per heavy atom. The third-order valence-electron chi connectivity index (χ3n) is 2.25. The van der Waals surface area contributed by atoms with Crippen LogP contribution in [0.25, 0.3) is 0 Å². The van der Waals surface area contributed by atoms with Crippen LogP contribution in [0.3, 0.4) is 0 Å². The maximum absolute atomic E-state index is 10.8. The highest BCUT2D eigenvalue weighted by Crippen LogP contribution is 2.12. The summed E-state index contributed by atoms with van der Waals surface area (Å²) in [4.78, 5) is 0. The van der Waals surface area contributed by atoms with Crippen molar-refractivity contribution in [2.45, 2.75) is 32.7 Å². The molecule has 1 aromatic rings. The molecule has 0 saturated carbocycles. The lowest BCUT2D eigenvalue weighted by Crippen LogP contribution is -2.23. The maximum atomic E-state index is 10.8. The summed E-state index contributed by atoms with van der Waals surface area (Å²) in [6.45, 7) is 5.42. The van der Waals surface area contributed by atoms with E-state index in [1.54, 1.807) is 0 Å². The van der Waals surface area contributed by atoms with Crippen molar-refractivity contribution in [2.24, 2.45) is 0 Å². The number of aromatic nitrogens is 2. The van der Waals surface area contributed by atoms with Crippen LogP contribution in [-0.2, 0) is 16.6 Å². The van der Waals surface area contributed by atoms with Crippen molar-refractivity contribution in [1.29, 1.82) is 0 Å². The second kappa shape index (κ2) is 5.45.